The minimum Gasteiger partial charge on any atom is -0.496 e. The Balaban J connectivity index is 2.24. The number of methoxy groups -OCH3 is 1. The molecule has 2 rings (SSSR count). The van der Waals surface area contributed by atoms with E-state index in [0.29, 0.717) is 22.6 Å². The second kappa shape index (κ2) is 6.93. The Labute approximate surface area is 134 Å². The summed E-state index contributed by atoms with van der Waals surface area (Å²) < 4.78 is 5.24. The molecule has 2 aromatic carbocycles. The number of nitrogens with one attached hydrogen (secondary N) is 1. The lowest BCUT2D eigenvalue weighted by Gasteiger charge is -2.18. The molecule has 2 amide bonds. The first-order valence-corrected chi connectivity index (χ1v) is 6.95. The van der Waals surface area contributed by atoms with Gasteiger partial charge in [-0.05, 0) is 48.9 Å². The molecular weight excluding hydrogens is 296 g/mol. The summed E-state index contributed by atoms with van der Waals surface area (Å²) in [5, 5.41) is 8.60. The summed E-state index contributed by atoms with van der Waals surface area (Å²) in [5.41, 5.74) is 3.95. The van der Waals surface area contributed by atoms with Crippen molar-refractivity contribution in [1.29, 1.82) is 0 Å². The Hall–Kier alpha value is -2.86. The van der Waals surface area contributed by atoms with Gasteiger partial charge in [0, 0.05) is 23.9 Å². The number of carbonyl (C=O) groups is 2. The molecule has 0 fully saturated rings. The van der Waals surface area contributed by atoms with Gasteiger partial charge in [0.05, 0.1) is 7.11 Å². The average Bonchev–Trinajstić information content (AvgIpc) is 2.60. The smallest absolute Gasteiger partial charge is 0.274 e. The Kier molecular flexibility index (Phi) is 4.98. The highest BCUT2D eigenvalue weighted by Gasteiger charge is 2.15. The van der Waals surface area contributed by atoms with E-state index in [1.54, 1.807) is 43.9 Å². The fourth-order valence-electron chi connectivity index (χ4n) is 2.16. The van der Waals surface area contributed by atoms with Gasteiger partial charge in [0.25, 0.3) is 11.8 Å². The molecule has 0 aliphatic heterocycles. The topological polar surface area (TPSA) is 78.9 Å². The number of benzene rings is 2. The van der Waals surface area contributed by atoms with E-state index in [4.69, 9.17) is 9.94 Å². The number of hydrogen-bond donors (Lipinski definition) is 2. The lowest BCUT2D eigenvalue weighted by atomic mass is 10.1. The van der Waals surface area contributed by atoms with Gasteiger partial charge in [0.15, 0.2) is 0 Å². The zero-order chi connectivity index (χ0) is 17.0. The quantitative estimate of drug-likeness (QED) is 0.671. The summed E-state index contributed by atoms with van der Waals surface area (Å²) in [7, 11) is 3.21. The van der Waals surface area contributed by atoms with Crippen LogP contribution in [0.3, 0.4) is 0 Å². The minimum atomic E-state index is -0.603. The van der Waals surface area contributed by atoms with Gasteiger partial charge in [-0.15, -0.1) is 0 Å². The zero-order valence-electron chi connectivity index (χ0n) is 13.2. The third kappa shape index (κ3) is 3.49. The van der Waals surface area contributed by atoms with E-state index in [9.17, 15) is 9.59 Å². The van der Waals surface area contributed by atoms with Crippen LogP contribution in [0.25, 0.3) is 0 Å². The first-order valence-electron chi connectivity index (χ1n) is 6.95. The van der Waals surface area contributed by atoms with Crippen LogP contribution in [0.5, 0.6) is 5.75 Å². The lowest BCUT2D eigenvalue weighted by Crippen LogP contribution is -2.26. The predicted octanol–water partition coefficient (Wildman–Crippen LogP) is 2.40. The number of aryl methyl sites for hydroxylation is 1. The minimum absolute atomic E-state index is 0.192. The Morgan fingerprint density at radius 1 is 1.09 bits per heavy atom. The van der Waals surface area contributed by atoms with E-state index >= 15 is 0 Å². The molecule has 6 heteroatoms. The molecule has 0 bridgehead atoms. The largest absolute Gasteiger partial charge is 0.496 e. The molecule has 0 aliphatic rings. The highest BCUT2D eigenvalue weighted by Crippen LogP contribution is 2.22. The number of carbonyl (C=O) groups excluding carboxylic acids is 2. The summed E-state index contributed by atoms with van der Waals surface area (Å²) >= 11 is 0. The van der Waals surface area contributed by atoms with Crippen LogP contribution in [0.1, 0.15) is 26.3 Å². The number of ether oxygens (including phenoxy) is 1. The van der Waals surface area contributed by atoms with Crippen molar-refractivity contribution in [2.45, 2.75) is 6.92 Å². The number of rotatable bonds is 4. The molecule has 0 spiro atoms. The van der Waals surface area contributed by atoms with Crippen molar-refractivity contribution in [3.63, 3.8) is 0 Å². The molecule has 0 atom stereocenters. The van der Waals surface area contributed by atoms with Gasteiger partial charge in [-0.1, -0.05) is 6.07 Å². The molecule has 23 heavy (non-hydrogen) atoms. The monoisotopic (exact) mass is 314 g/mol. The van der Waals surface area contributed by atoms with E-state index in [-0.39, 0.29) is 5.91 Å². The van der Waals surface area contributed by atoms with Crippen LogP contribution >= 0.6 is 0 Å². The molecule has 120 valence electrons. The maximum Gasteiger partial charge on any atom is 0.274 e. The maximum absolute atomic E-state index is 12.6. The van der Waals surface area contributed by atoms with Gasteiger partial charge in [0.1, 0.15) is 5.75 Å². The van der Waals surface area contributed by atoms with Crippen molar-refractivity contribution in [2.24, 2.45) is 0 Å². The van der Waals surface area contributed by atoms with Crippen LogP contribution in [0, 0.1) is 6.92 Å². The van der Waals surface area contributed by atoms with Gasteiger partial charge in [-0.25, -0.2) is 5.48 Å². The van der Waals surface area contributed by atoms with E-state index in [2.05, 4.69) is 0 Å². The Bertz CT molecular complexity index is 726. The normalized spacial score (nSPS) is 10.1. The molecule has 0 aliphatic carbocycles. The van der Waals surface area contributed by atoms with E-state index in [1.165, 1.54) is 17.0 Å². The molecule has 0 saturated heterocycles. The Morgan fingerprint density at radius 2 is 1.70 bits per heavy atom. The summed E-state index contributed by atoms with van der Waals surface area (Å²) in [6, 6.07) is 11.6. The number of hydrogen-bond acceptors (Lipinski definition) is 4. The fraction of sp³-hybridized carbons (Fsp3) is 0.176. The third-order valence-corrected chi connectivity index (χ3v) is 3.58. The number of anilines is 1. The fourth-order valence-corrected chi connectivity index (χ4v) is 2.16. The van der Waals surface area contributed by atoms with Crippen molar-refractivity contribution in [3.8, 4) is 5.75 Å². The predicted molar refractivity (Wildman–Crippen MR) is 86.2 cm³/mol. The number of nitrogens with zero attached hydrogens (tertiary/aromatic N) is 1. The number of amides is 2. The Morgan fingerprint density at radius 3 is 2.26 bits per heavy atom. The van der Waals surface area contributed by atoms with E-state index in [0.717, 1.165) is 5.56 Å². The molecule has 0 aromatic heterocycles. The molecule has 0 saturated carbocycles. The third-order valence-electron chi connectivity index (χ3n) is 3.58. The summed E-state index contributed by atoms with van der Waals surface area (Å²) in [6.45, 7) is 1.90. The van der Waals surface area contributed by atoms with Crippen LogP contribution in [0.4, 0.5) is 5.69 Å². The highest BCUT2D eigenvalue weighted by atomic mass is 16.5. The first kappa shape index (κ1) is 16.5. The molecule has 2 N–H and O–H groups in total. The number of hydroxylamine groups is 1. The standard InChI is InChI=1S/C17H18N2O4/c1-11-4-5-13(10-15(11)23-3)17(21)19(2)14-8-6-12(7-9-14)16(20)18-22/h4-10,22H,1-3H3,(H,18,20). The van der Waals surface area contributed by atoms with Crippen LogP contribution in [0.15, 0.2) is 42.5 Å². The van der Waals surface area contributed by atoms with Crippen molar-refractivity contribution >= 4 is 17.5 Å². The SMILES string of the molecule is COc1cc(C(=O)N(C)c2ccc(C(=O)NO)cc2)ccc1C. The summed E-state index contributed by atoms with van der Waals surface area (Å²) in [5.74, 6) is -0.143. The van der Waals surface area contributed by atoms with E-state index < -0.39 is 5.91 Å². The van der Waals surface area contributed by atoms with Gasteiger partial charge < -0.3 is 9.64 Å². The van der Waals surface area contributed by atoms with Gasteiger partial charge >= 0.3 is 0 Å². The van der Waals surface area contributed by atoms with E-state index in [1.807, 2.05) is 13.0 Å². The maximum atomic E-state index is 12.6. The van der Waals surface area contributed by atoms with Crippen LogP contribution < -0.4 is 15.1 Å². The van der Waals surface area contributed by atoms with Crippen LogP contribution in [-0.2, 0) is 0 Å². The zero-order valence-corrected chi connectivity index (χ0v) is 13.2. The van der Waals surface area contributed by atoms with Crippen molar-refractivity contribution in [1.82, 2.24) is 5.48 Å². The van der Waals surface area contributed by atoms with Gasteiger partial charge in [-0.3, -0.25) is 14.8 Å². The molecule has 0 unspecified atom stereocenters. The molecule has 2 aromatic rings. The second-order valence-electron chi connectivity index (χ2n) is 5.04. The average molecular weight is 314 g/mol. The summed E-state index contributed by atoms with van der Waals surface area (Å²) in [4.78, 5) is 25.3. The van der Waals surface area contributed by atoms with Crippen molar-refractivity contribution < 1.29 is 19.5 Å². The van der Waals surface area contributed by atoms with Gasteiger partial charge in [0.2, 0.25) is 0 Å². The molecule has 0 radical (unpaired) electrons. The van der Waals surface area contributed by atoms with Crippen LogP contribution in [0.2, 0.25) is 0 Å². The lowest BCUT2D eigenvalue weighted by molar-refractivity contribution is 0.0706. The first-order chi connectivity index (χ1) is 11.0. The molecule has 6 nitrogen and oxygen atoms in total. The van der Waals surface area contributed by atoms with Crippen LogP contribution in [-0.4, -0.2) is 31.2 Å². The molecular formula is C17H18N2O4. The highest BCUT2D eigenvalue weighted by molar-refractivity contribution is 6.06. The summed E-state index contributed by atoms with van der Waals surface area (Å²) in [6.07, 6.45) is 0. The van der Waals surface area contributed by atoms with Crippen molar-refractivity contribution in [2.75, 3.05) is 19.1 Å². The van der Waals surface area contributed by atoms with Crippen molar-refractivity contribution in [3.05, 3.63) is 59.2 Å². The van der Waals surface area contributed by atoms with Gasteiger partial charge in [-0.2, -0.15) is 0 Å². The second-order valence-corrected chi connectivity index (χ2v) is 5.04. The molecule has 0 heterocycles.